The molecule has 5 heteroatoms. The lowest BCUT2D eigenvalue weighted by Crippen LogP contribution is -2.20. The van der Waals surface area contributed by atoms with Crippen molar-refractivity contribution >= 4 is 23.2 Å². The second-order valence-electron chi connectivity index (χ2n) is 4.99. The van der Waals surface area contributed by atoms with Crippen molar-refractivity contribution < 1.29 is 9.53 Å². The fourth-order valence-electron chi connectivity index (χ4n) is 1.94. The highest BCUT2D eigenvalue weighted by Gasteiger charge is 2.11. The number of halogens is 1. The average molecular weight is 331 g/mol. The number of amides is 1. The third kappa shape index (κ3) is 4.83. The second kappa shape index (κ2) is 8.34. The highest BCUT2D eigenvalue weighted by atomic mass is 35.5. The summed E-state index contributed by atoms with van der Waals surface area (Å²) in [4.78, 5) is 12.3. The zero-order chi connectivity index (χ0) is 16.7. The van der Waals surface area contributed by atoms with Gasteiger partial charge in [0.1, 0.15) is 5.75 Å². The van der Waals surface area contributed by atoms with Crippen LogP contribution in [0.4, 0.5) is 0 Å². The van der Waals surface area contributed by atoms with Crippen molar-refractivity contribution in [2.24, 2.45) is 5.10 Å². The lowest BCUT2D eigenvalue weighted by atomic mass is 10.1. The number of nitrogens with one attached hydrogen (secondary N) is 1. The molecule has 4 nitrogen and oxygen atoms in total. The molecule has 1 amide bonds. The lowest BCUT2D eigenvalue weighted by molar-refractivity contribution is 0.0950. The van der Waals surface area contributed by atoms with Crippen molar-refractivity contribution in [1.29, 1.82) is 0 Å². The first-order valence-electron chi connectivity index (χ1n) is 7.44. The van der Waals surface area contributed by atoms with Gasteiger partial charge in [0.25, 0.3) is 5.91 Å². The molecule has 2 aromatic carbocycles. The van der Waals surface area contributed by atoms with Gasteiger partial charge in [-0.1, -0.05) is 42.8 Å². The monoisotopic (exact) mass is 330 g/mol. The summed E-state index contributed by atoms with van der Waals surface area (Å²) in [6.45, 7) is 4.41. The highest BCUT2D eigenvalue weighted by molar-refractivity contribution is 6.30. The molecule has 0 radical (unpaired) electrons. The lowest BCUT2D eigenvalue weighted by Gasteiger charge is -2.09. The molecule has 1 N–H and O–H groups in total. The average Bonchev–Trinajstić information content (AvgIpc) is 2.58. The molecule has 2 aromatic rings. The van der Waals surface area contributed by atoms with Crippen molar-refractivity contribution in [3.63, 3.8) is 0 Å². The third-order valence-electron chi connectivity index (χ3n) is 3.18. The van der Waals surface area contributed by atoms with Gasteiger partial charge in [-0.25, -0.2) is 5.43 Å². The predicted molar refractivity (Wildman–Crippen MR) is 93.4 cm³/mol. The fourth-order valence-corrected chi connectivity index (χ4v) is 2.07. The Balaban J connectivity index is 2.10. The molecule has 2 rings (SSSR count). The number of ether oxygens (including phenoxy) is 1. The Kier molecular flexibility index (Phi) is 6.18. The van der Waals surface area contributed by atoms with Gasteiger partial charge in [-0.2, -0.15) is 5.10 Å². The molecular formula is C18H19ClN2O2. The number of carbonyl (C=O) groups is 1. The van der Waals surface area contributed by atoms with Gasteiger partial charge in [0.15, 0.2) is 0 Å². The van der Waals surface area contributed by atoms with E-state index < -0.39 is 0 Å². The van der Waals surface area contributed by atoms with E-state index in [9.17, 15) is 4.79 Å². The van der Waals surface area contributed by atoms with E-state index in [1.807, 2.05) is 32.0 Å². The fraction of sp³-hybridized carbons (Fsp3) is 0.222. The normalized spacial score (nSPS) is 11.2. The van der Waals surface area contributed by atoms with Crippen LogP contribution in [-0.2, 0) is 0 Å². The first kappa shape index (κ1) is 17.0. The topological polar surface area (TPSA) is 50.7 Å². The van der Waals surface area contributed by atoms with Crippen LogP contribution in [0.3, 0.4) is 0 Å². The molecule has 23 heavy (non-hydrogen) atoms. The Bertz CT molecular complexity index is 696. The third-order valence-corrected chi connectivity index (χ3v) is 3.43. The summed E-state index contributed by atoms with van der Waals surface area (Å²) >= 11 is 5.86. The Labute approximate surface area is 141 Å². The van der Waals surface area contributed by atoms with Crippen LogP contribution in [0.1, 0.15) is 36.2 Å². The zero-order valence-electron chi connectivity index (χ0n) is 13.2. The standard InChI is InChI=1S/C18H19ClN2O2/c1-3-12-23-17-7-5-4-6-16(17)18(22)21-20-13(2)14-8-10-15(19)11-9-14/h4-11H,3,12H2,1-2H3,(H,21,22)/b20-13+. The van der Waals surface area contributed by atoms with Gasteiger partial charge in [-0.3, -0.25) is 4.79 Å². The molecule has 0 aromatic heterocycles. The summed E-state index contributed by atoms with van der Waals surface area (Å²) in [6, 6.07) is 14.4. The summed E-state index contributed by atoms with van der Waals surface area (Å²) in [6.07, 6.45) is 0.879. The van der Waals surface area contributed by atoms with Gasteiger partial charge in [-0.15, -0.1) is 0 Å². The quantitative estimate of drug-likeness (QED) is 0.634. The Morgan fingerprint density at radius 3 is 2.57 bits per heavy atom. The molecule has 0 aliphatic carbocycles. The van der Waals surface area contributed by atoms with E-state index in [1.165, 1.54) is 0 Å². The van der Waals surface area contributed by atoms with Gasteiger partial charge in [0.2, 0.25) is 0 Å². The molecule has 0 saturated carbocycles. The summed E-state index contributed by atoms with van der Waals surface area (Å²) in [5.41, 5.74) is 4.62. The summed E-state index contributed by atoms with van der Waals surface area (Å²) < 4.78 is 5.59. The molecule has 0 atom stereocenters. The summed E-state index contributed by atoms with van der Waals surface area (Å²) in [7, 11) is 0. The van der Waals surface area contributed by atoms with E-state index in [1.54, 1.807) is 30.3 Å². The Morgan fingerprint density at radius 1 is 1.17 bits per heavy atom. The van der Waals surface area contributed by atoms with Crippen molar-refractivity contribution in [3.8, 4) is 5.75 Å². The van der Waals surface area contributed by atoms with Gasteiger partial charge in [0, 0.05) is 5.02 Å². The largest absolute Gasteiger partial charge is 0.493 e. The van der Waals surface area contributed by atoms with E-state index in [0.717, 1.165) is 12.0 Å². The smallest absolute Gasteiger partial charge is 0.275 e. The van der Waals surface area contributed by atoms with Crippen molar-refractivity contribution in [3.05, 3.63) is 64.7 Å². The zero-order valence-corrected chi connectivity index (χ0v) is 13.9. The maximum absolute atomic E-state index is 12.3. The van der Waals surface area contributed by atoms with Gasteiger partial charge < -0.3 is 4.74 Å². The molecule has 0 saturated heterocycles. The van der Waals surface area contributed by atoms with E-state index in [4.69, 9.17) is 16.3 Å². The van der Waals surface area contributed by atoms with Crippen LogP contribution in [0.5, 0.6) is 5.75 Å². The Morgan fingerprint density at radius 2 is 1.87 bits per heavy atom. The van der Waals surface area contributed by atoms with E-state index in [2.05, 4.69) is 10.5 Å². The van der Waals surface area contributed by atoms with E-state index in [-0.39, 0.29) is 5.91 Å². The van der Waals surface area contributed by atoms with Gasteiger partial charge >= 0.3 is 0 Å². The van der Waals surface area contributed by atoms with Crippen LogP contribution in [0, 0.1) is 0 Å². The Hall–Kier alpha value is -2.33. The number of hydrogen-bond acceptors (Lipinski definition) is 3. The number of hydrogen-bond donors (Lipinski definition) is 1. The molecular weight excluding hydrogens is 312 g/mol. The SMILES string of the molecule is CCCOc1ccccc1C(=O)N/N=C(\C)c1ccc(Cl)cc1. The summed E-state index contributed by atoms with van der Waals surface area (Å²) in [5, 5.41) is 4.80. The van der Waals surface area contributed by atoms with Gasteiger partial charge in [-0.05, 0) is 43.2 Å². The number of para-hydroxylation sites is 1. The molecule has 120 valence electrons. The molecule has 0 bridgehead atoms. The van der Waals surface area contributed by atoms with Crippen LogP contribution >= 0.6 is 11.6 Å². The maximum Gasteiger partial charge on any atom is 0.275 e. The van der Waals surface area contributed by atoms with Crippen molar-refractivity contribution in [2.75, 3.05) is 6.61 Å². The molecule has 0 spiro atoms. The van der Waals surface area contributed by atoms with Crippen LogP contribution in [0.2, 0.25) is 5.02 Å². The number of benzene rings is 2. The number of rotatable bonds is 6. The van der Waals surface area contributed by atoms with Crippen LogP contribution in [0.25, 0.3) is 0 Å². The van der Waals surface area contributed by atoms with E-state index in [0.29, 0.717) is 28.7 Å². The molecule has 0 heterocycles. The number of hydrazone groups is 1. The molecule has 0 fully saturated rings. The van der Waals surface area contributed by atoms with Crippen LogP contribution in [0.15, 0.2) is 53.6 Å². The molecule has 0 aliphatic heterocycles. The minimum Gasteiger partial charge on any atom is -0.493 e. The maximum atomic E-state index is 12.3. The minimum atomic E-state index is -0.301. The first-order valence-corrected chi connectivity index (χ1v) is 7.82. The molecule has 0 unspecified atom stereocenters. The van der Waals surface area contributed by atoms with Crippen LogP contribution < -0.4 is 10.2 Å². The van der Waals surface area contributed by atoms with Crippen LogP contribution in [-0.4, -0.2) is 18.2 Å². The second-order valence-corrected chi connectivity index (χ2v) is 5.43. The van der Waals surface area contributed by atoms with Crippen molar-refractivity contribution in [2.45, 2.75) is 20.3 Å². The van der Waals surface area contributed by atoms with E-state index >= 15 is 0 Å². The van der Waals surface area contributed by atoms with Gasteiger partial charge in [0.05, 0.1) is 17.9 Å². The molecule has 0 aliphatic rings. The first-order chi connectivity index (χ1) is 11.1. The summed E-state index contributed by atoms with van der Waals surface area (Å²) in [5.74, 6) is 0.260. The van der Waals surface area contributed by atoms with Crippen molar-refractivity contribution in [1.82, 2.24) is 5.43 Å². The predicted octanol–water partition coefficient (Wildman–Crippen LogP) is 4.28. The minimum absolute atomic E-state index is 0.301. The highest BCUT2D eigenvalue weighted by Crippen LogP contribution is 2.18. The number of carbonyl (C=O) groups excluding carboxylic acids is 1. The number of nitrogens with zero attached hydrogens (tertiary/aromatic N) is 1.